The standard InChI is InChI=1S/C6H11F3O3S/c1-2-3-4-5-12-13(10,11)6(7,8)9/h2-5H2,1H3. The largest absolute Gasteiger partial charge is 0.523 e. The fraction of sp³-hybridized carbons (Fsp3) is 1.00. The van der Waals surface area contributed by atoms with Gasteiger partial charge in [-0.3, -0.25) is 4.18 Å². The van der Waals surface area contributed by atoms with Gasteiger partial charge in [-0.2, -0.15) is 21.6 Å². The van der Waals surface area contributed by atoms with Gasteiger partial charge in [0.05, 0.1) is 6.61 Å². The molecule has 0 amide bonds. The number of alkyl halides is 3. The Morgan fingerprint density at radius 1 is 1.23 bits per heavy atom. The van der Waals surface area contributed by atoms with Gasteiger partial charge in [0.2, 0.25) is 0 Å². The first-order valence-corrected chi connectivity index (χ1v) is 5.18. The molecule has 0 heterocycles. The van der Waals surface area contributed by atoms with E-state index in [1.165, 1.54) is 0 Å². The molecule has 0 aliphatic rings. The van der Waals surface area contributed by atoms with Gasteiger partial charge < -0.3 is 0 Å². The lowest BCUT2D eigenvalue weighted by atomic mass is 10.3. The third kappa shape index (κ3) is 4.47. The molecule has 7 heteroatoms. The van der Waals surface area contributed by atoms with Crippen molar-refractivity contribution in [2.45, 2.75) is 31.7 Å². The summed E-state index contributed by atoms with van der Waals surface area (Å²) in [5.74, 6) is 0. The molecule has 0 aromatic heterocycles. The SMILES string of the molecule is CCCCCOS(=O)(=O)C(F)(F)F. The predicted octanol–water partition coefficient (Wildman–Crippen LogP) is 2.04. The molecular formula is C6H11F3O3S. The lowest BCUT2D eigenvalue weighted by Gasteiger charge is -2.07. The van der Waals surface area contributed by atoms with Crippen LogP contribution in [0, 0.1) is 0 Å². The van der Waals surface area contributed by atoms with Crippen molar-refractivity contribution in [2.24, 2.45) is 0 Å². The molecule has 0 atom stereocenters. The minimum absolute atomic E-state index is 0.311. The fourth-order valence-corrected chi connectivity index (χ4v) is 1.06. The molecule has 0 aliphatic heterocycles. The van der Waals surface area contributed by atoms with Crippen molar-refractivity contribution in [1.29, 1.82) is 0 Å². The van der Waals surface area contributed by atoms with E-state index in [4.69, 9.17) is 0 Å². The Balaban J connectivity index is 3.92. The Bertz CT molecular complexity index is 232. The summed E-state index contributed by atoms with van der Waals surface area (Å²) in [6.45, 7) is 1.44. The fourth-order valence-electron chi connectivity index (χ4n) is 0.588. The van der Waals surface area contributed by atoms with Gasteiger partial charge in [-0.25, -0.2) is 0 Å². The summed E-state index contributed by atoms with van der Waals surface area (Å²) in [7, 11) is -5.38. The normalized spacial score (nSPS) is 13.2. The summed E-state index contributed by atoms with van der Waals surface area (Å²) in [5, 5.41) is 0. The number of hydrogen-bond donors (Lipinski definition) is 0. The monoisotopic (exact) mass is 220 g/mol. The highest BCUT2D eigenvalue weighted by Gasteiger charge is 2.47. The van der Waals surface area contributed by atoms with Crippen LogP contribution >= 0.6 is 0 Å². The molecule has 0 saturated heterocycles. The van der Waals surface area contributed by atoms with Crippen molar-refractivity contribution in [3.05, 3.63) is 0 Å². The second-order valence-electron chi connectivity index (χ2n) is 2.43. The van der Waals surface area contributed by atoms with Crippen LogP contribution in [-0.2, 0) is 14.3 Å². The molecular weight excluding hydrogens is 209 g/mol. The Hall–Kier alpha value is -0.300. The second kappa shape index (κ2) is 4.80. The Labute approximate surface area is 75.0 Å². The van der Waals surface area contributed by atoms with E-state index in [0.717, 1.165) is 6.42 Å². The van der Waals surface area contributed by atoms with E-state index in [0.29, 0.717) is 12.8 Å². The van der Waals surface area contributed by atoms with Crippen LogP contribution in [0.3, 0.4) is 0 Å². The van der Waals surface area contributed by atoms with Crippen molar-refractivity contribution in [2.75, 3.05) is 6.61 Å². The molecule has 0 aromatic rings. The first-order chi connectivity index (χ1) is 5.81. The first kappa shape index (κ1) is 12.7. The zero-order chi connectivity index (χ0) is 10.5. The third-order valence-corrected chi connectivity index (χ3v) is 2.31. The van der Waals surface area contributed by atoms with E-state index in [2.05, 4.69) is 4.18 Å². The lowest BCUT2D eigenvalue weighted by molar-refractivity contribution is -0.0542. The van der Waals surface area contributed by atoms with E-state index < -0.39 is 22.2 Å². The molecule has 0 radical (unpaired) electrons. The maximum Gasteiger partial charge on any atom is 0.523 e. The van der Waals surface area contributed by atoms with Gasteiger partial charge in [0.25, 0.3) is 0 Å². The van der Waals surface area contributed by atoms with Crippen molar-refractivity contribution >= 4 is 10.1 Å². The van der Waals surface area contributed by atoms with Crippen LogP contribution in [0.5, 0.6) is 0 Å². The highest BCUT2D eigenvalue weighted by Crippen LogP contribution is 2.24. The van der Waals surface area contributed by atoms with Crippen LogP contribution < -0.4 is 0 Å². The van der Waals surface area contributed by atoms with Crippen LogP contribution in [0.4, 0.5) is 13.2 Å². The Morgan fingerprint density at radius 2 is 1.77 bits per heavy atom. The van der Waals surface area contributed by atoms with Gasteiger partial charge in [-0.15, -0.1) is 0 Å². The van der Waals surface area contributed by atoms with Crippen molar-refractivity contribution in [3.63, 3.8) is 0 Å². The van der Waals surface area contributed by atoms with E-state index in [1.807, 2.05) is 6.92 Å². The number of unbranched alkanes of at least 4 members (excludes halogenated alkanes) is 2. The van der Waals surface area contributed by atoms with Gasteiger partial charge in [0.15, 0.2) is 0 Å². The van der Waals surface area contributed by atoms with Gasteiger partial charge >= 0.3 is 15.6 Å². The highest BCUT2D eigenvalue weighted by molar-refractivity contribution is 7.87. The van der Waals surface area contributed by atoms with Gasteiger partial charge in [-0.1, -0.05) is 19.8 Å². The lowest BCUT2D eigenvalue weighted by Crippen LogP contribution is -2.25. The molecule has 0 rings (SSSR count). The van der Waals surface area contributed by atoms with Crippen LogP contribution in [0.1, 0.15) is 26.2 Å². The molecule has 0 spiro atoms. The van der Waals surface area contributed by atoms with E-state index in [-0.39, 0.29) is 0 Å². The summed E-state index contributed by atoms with van der Waals surface area (Å²) in [6, 6.07) is 0. The van der Waals surface area contributed by atoms with Gasteiger partial charge in [-0.05, 0) is 6.42 Å². The number of hydrogen-bond acceptors (Lipinski definition) is 3. The Morgan fingerprint density at radius 3 is 2.15 bits per heavy atom. The van der Waals surface area contributed by atoms with Crippen LogP contribution in [0.15, 0.2) is 0 Å². The molecule has 80 valence electrons. The minimum atomic E-state index is -5.38. The van der Waals surface area contributed by atoms with Crippen molar-refractivity contribution in [1.82, 2.24) is 0 Å². The van der Waals surface area contributed by atoms with Crippen LogP contribution in [0.2, 0.25) is 0 Å². The van der Waals surface area contributed by atoms with Crippen molar-refractivity contribution < 1.29 is 25.8 Å². The third-order valence-electron chi connectivity index (χ3n) is 1.27. The molecule has 13 heavy (non-hydrogen) atoms. The molecule has 0 fully saturated rings. The molecule has 0 aliphatic carbocycles. The van der Waals surface area contributed by atoms with Gasteiger partial charge in [0, 0.05) is 0 Å². The molecule has 0 saturated carbocycles. The summed E-state index contributed by atoms with van der Waals surface area (Å²) in [4.78, 5) is 0. The predicted molar refractivity (Wildman–Crippen MR) is 40.5 cm³/mol. The second-order valence-corrected chi connectivity index (χ2v) is 4.04. The summed E-state index contributed by atoms with van der Waals surface area (Å²) < 4.78 is 59.2. The number of rotatable bonds is 5. The molecule has 3 nitrogen and oxygen atoms in total. The molecule has 0 unspecified atom stereocenters. The average molecular weight is 220 g/mol. The zero-order valence-electron chi connectivity index (χ0n) is 7.10. The highest BCUT2D eigenvalue weighted by atomic mass is 32.2. The maximum absolute atomic E-state index is 11.6. The summed E-state index contributed by atoms with van der Waals surface area (Å²) >= 11 is 0. The molecule has 0 aromatic carbocycles. The zero-order valence-corrected chi connectivity index (χ0v) is 7.91. The number of halogens is 3. The average Bonchev–Trinajstić information content (AvgIpc) is 1.96. The minimum Gasteiger partial charge on any atom is -0.263 e. The maximum atomic E-state index is 11.6. The van der Waals surface area contributed by atoms with Crippen LogP contribution in [-0.4, -0.2) is 20.5 Å². The van der Waals surface area contributed by atoms with E-state index >= 15 is 0 Å². The van der Waals surface area contributed by atoms with E-state index in [1.54, 1.807) is 0 Å². The summed E-state index contributed by atoms with van der Waals surface area (Å²) in [5.41, 5.74) is -5.31. The van der Waals surface area contributed by atoms with Crippen LogP contribution in [0.25, 0.3) is 0 Å². The van der Waals surface area contributed by atoms with Crippen molar-refractivity contribution in [3.8, 4) is 0 Å². The quantitative estimate of drug-likeness (QED) is 0.404. The Kier molecular flexibility index (Phi) is 4.69. The summed E-state index contributed by atoms with van der Waals surface area (Å²) in [6.07, 6.45) is 1.74. The molecule has 0 N–H and O–H groups in total. The molecule has 0 bridgehead atoms. The smallest absolute Gasteiger partial charge is 0.263 e. The first-order valence-electron chi connectivity index (χ1n) is 3.77. The van der Waals surface area contributed by atoms with Gasteiger partial charge in [0.1, 0.15) is 0 Å². The van der Waals surface area contributed by atoms with E-state index in [9.17, 15) is 21.6 Å². The topological polar surface area (TPSA) is 43.4 Å².